The highest BCUT2D eigenvalue weighted by Crippen LogP contribution is 2.19. The van der Waals surface area contributed by atoms with E-state index >= 15 is 0 Å². The largest absolute Gasteiger partial charge is 0.466 e. The van der Waals surface area contributed by atoms with Gasteiger partial charge in [0.1, 0.15) is 0 Å². The molecule has 466 valence electrons. The molecule has 3 N–H and O–H groups in total. The van der Waals surface area contributed by atoms with Crippen molar-refractivity contribution in [2.45, 2.75) is 405 Å². The average molecular weight is 1110 g/mol. The predicted molar refractivity (Wildman–Crippen MR) is 347 cm³/mol. The number of carbonyl (C=O) groups is 2. The molecule has 0 saturated heterocycles. The van der Waals surface area contributed by atoms with Gasteiger partial charge in [0.2, 0.25) is 5.91 Å². The van der Waals surface area contributed by atoms with Crippen molar-refractivity contribution in [3.63, 3.8) is 0 Å². The number of aliphatic hydroxyl groups excluding tert-OH is 2. The molecule has 1 amide bonds. The maximum absolute atomic E-state index is 12.5. The zero-order valence-electron chi connectivity index (χ0n) is 53.4. The van der Waals surface area contributed by atoms with Gasteiger partial charge in [0.25, 0.3) is 0 Å². The summed E-state index contributed by atoms with van der Waals surface area (Å²) in [6.07, 6.45) is 87.8. The van der Waals surface area contributed by atoms with Crippen LogP contribution < -0.4 is 5.32 Å². The van der Waals surface area contributed by atoms with E-state index in [0.717, 1.165) is 51.4 Å². The Kier molecular flexibility index (Phi) is 66.9. The highest BCUT2D eigenvalue weighted by molar-refractivity contribution is 5.76. The van der Waals surface area contributed by atoms with Gasteiger partial charge >= 0.3 is 5.97 Å². The van der Waals surface area contributed by atoms with Crippen LogP contribution in [0.25, 0.3) is 0 Å². The minimum atomic E-state index is -0.661. The van der Waals surface area contributed by atoms with Gasteiger partial charge in [0.05, 0.1) is 25.4 Å². The van der Waals surface area contributed by atoms with Crippen molar-refractivity contribution in [1.82, 2.24) is 5.32 Å². The van der Waals surface area contributed by atoms with Crippen molar-refractivity contribution in [2.75, 3.05) is 13.2 Å². The van der Waals surface area contributed by atoms with Crippen LogP contribution in [0.1, 0.15) is 393 Å². The summed E-state index contributed by atoms with van der Waals surface area (Å²) in [5, 5.41) is 23.3. The number of carbonyl (C=O) groups excluding carboxylic acids is 2. The van der Waals surface area contributed by atoms with Crippen LogP contribution in [-0.4, -0.2) is 47.4 Å². The summed E-state index contributed by atoms with van der Waals surface area (Å²) in [5.74, 6) is -0.0216. The lowest BCUT2D eigenvalue weighted by atomic mass is 10.0. The summed E-state index contributed by atoms with van der Waals surface area (Å²) in [5.41, 5.74) is 0. The average Bonchev–Trinajstić information content (AvgIpc) is 3.45. The normalized spacial score (nSPS) is 12.7. The number of hydrogen-bond donors (Lipinski definition) is 3. The minimum absolute atomic E-state index is 0.00881. The second kappa shape index (κ2) is 68.6. The lowest BCUT2D eigenvalue weighted by molar-refractivity contribution is -0.143. The molecule has 0 radical (unpaired) electrons. The molecule has 0 saturated carbocycles. The lowest BCUT2D eigenvalue weighted by Gasteiger charge is -2.22. The molecular weight excluding hydrogens is 971 g/mol. The Morgan fingerprint density at radius 2 is 0.633 bits per heavy atom. The summed E-state index contributed by atoms with van der Waals surface area (Å²) < 4.78 is 5.47. The van der Waals surface area contributed by atoms with Crippen molar-refractivity contribution in [3.05, 3.63) is 36.5 Å². The summed E-state index contributed by atoms with van der Waals surface area (Å²) in [6, 6.07) is -0.538. The van der Waals surface area contributed by atoms with Crippen molar-refractivity contribution in [2.24, 2.45) is 0 Å². The summed E-state index contributed by atoms with van der Waals surface area (Å²) in [6.45, 7) is 4.95. The fourth-order valence-electron chi connectivity index (χ4n) is 11.2. The number of allylic oxidation sites excluding steroid dienone is 6. The quantitative estimate of drug-likeness (QED) is 0.0320. The Balaban J connectivity index is 3.35. The van der Waals surface area contributed by atoms with Crippen molar-refractivity contribution >= 4 is 11.9 Å². The third-order valence-corrected chi connectivity index (χ3v) is 16.7. The molecule has 0 aliphatic rings. The fourth-order valence-corrected chi connectivity index (χ4v) is 11.2. The molecule has 0 rings (SSSR count). The smallest absolute Gasteiger partial charge is 0.305 e. The molecule has 0 spiro atoms. The zero-order chi connectivity index (χ0) is 57.1. The van der Waals surface area contributed by atoms with Gasteiger partial charge in [0.15, 0.2) is 0 Å². The minimum Gasteiger partial charge on any atom is -0.466 e. The van der Waals surface area contributed by atoms with E-state index in [1.165, 1.54) is 308 Å². The van der Waals surface area contributed by atoms with E-state index in [0.29, 0.717) is 25.9 Å². The van der Waals surface area contributed by atoms with Crippen LogP contribution in [0.5, 0.6) is 0 Å². The maximum Gasteiger partial charge on any atom is 0.305 e. The Hall–Kier alpha value is -1.92. The van der Waals surface area contributed by atoms with Gasteiger partial charge in [-0.1, -0.05) is 333 Å². The van der Waals surface area contributed by atoms with Gasteiger partial charge in [0, 0.05) is 12.8 Å². The standard InChI is InChI=1S/C73H139NO5/c1-3-5-7-9-11-13-15-42-45-49-53-57-61-65-71(76)70(69-75)74-72(77)66-62-58-54-50-46-43-40-38-36-34-32-30-28-26-24-22-20-18-17-19-21-23-25-27-29-31-33-35-37-39-41-44-48-52-56-60-64-68-79-73(78)67-63-59-55-51-47-16-14-12-10-8-6-4-2/h12,14,17,19,23,25,70-71,75-76H,3-11,13,15-16,18,20-22,24,26-69H2,1-2H3,(H,74,77)/b14-12-,19-17-,25-23-. The fraction of sp³-hybridized carbons (Fsp3) is 0.890. The van der Waals surface area contributed by atoms with Gasteiger partial charge in [-0.05, 0) is 83.5 Å². The number of unbranched alkanes of at least 4 members (excludes halogenated alkanes) is 50. The van der Waals surface area contributed by atoms with Crippen LogP contribution in [0.4, 0.5) is 0 Å². The van der Waals surface area contributed by atoms with Gasteiger partial charge in [-0.3, -0.25) is 9.59 Å². The van der Waals surface area contributed by atoms with Crippen LogP contribution in [0.3, 0.4) is 0 Å². The van der Waals surface area contributed by atoms with Gasteiger partial charge in [-0.15, -0.1) is 0 Å². The first-order chi connectivity index (χ1) is 39.0. The molecule has 2 atom stereocenters. The molecule has 0 bridgehead atoms. The van der Waals surface area contributed by atoms with Crippen molar-refractivity contribution < 1.29 is 24.5 Å². The van der Waals surface area contributed by atoms with Crippen molar-refractivity contribution in [1.29, 1.82) is 0 Å². The topological polar surface area (TPSA) is 95.9 Å². The van der Waals surface area contributed by atoms with E-state index in [2.05, 4.69) is 55.6 Å². The highest BCUT2D eigenvalue weighted by Gasteiger charge is 2.20. The summed E-state index contributed by atoms with van der Waals surface area (Å²) >= 11 is 0. The third-order valence-electron chi connectivity index (χ3n) is 16.7. The van der Waals surface area contributed by atoms with Crippen molar-refractivity contribution in [3.8, 4) is 0 Å². The Labute approximate surface area is 494 Å². The second-order valence-electron chi connectivity index (χ2n) is 24.6. The molecule has 0 aliphatic heterocycles. The Bertz CT molecular complexity index is 1280. The van der Waals surface area contributed by atoms with Crippen LogP contribution in [0.2, 0.25) is 0 Å². The monoisotopic (exact) mass is 1110 g/mol. The van der Waals surface area contributed by atoms with Gasteiger partial charge in [-0.25, -0.2) is 0 Å². The molecule has 0 aliphatic carbocycles. The van der Waals surface area contributed by atoms with E-state index in [4.69, 9.17) is 4.74 Å². The number of rotatable bonds is 67. The van der Waals surface area contributed by atoms with Crippen LogP contribution in [0.15, 0.2) is 36.5 Å². The van der Waals surface area contributed by atoms with Crippen LogP contribution in [-0.2, 0) is 14.3 Å². The molecule has 0 heterocycles. The molecule has 0 aromatic heterocycles. The molecule has 0 aromatic carbocycles. The van der Waals surface area contributed by atoms with Crippen LogP contribution in [0, 0.1) is 0 Å². The van der Waals surface area contributed by atoms with E-state index in [9.17, 15) is 19.8 Å². The van der Waals surface area contributed by atoms with E-state index in [1.54, 1.807) is 0 Å². The molecule has 2 unspecified atom stereocenters. The van der Waals surface area contributed by atoms with Gasteiger partial charge < -0.3 is 20.3 Å². The Morgan fingerprint density at radius 1 is 0.354 bits per heavy atom. The Morgan fingerprint density at radius 3 is 1.00 bits per heavy atom. The summed E-state index contributed by atoms with van der Waals surface area (Å²) in [4.78, 5) is 24.5. The molecule has 6 heteroatoms. The second-order valence-corrected chi connectivity index (χ2v) is 24.6. The molecule has 6 nitrogen and oxygen atoms in total. The van der Waals surface area contributed by atoms with E-state index in [1.807, 2.05) is 0 Å². The third kappa shape index (κ3) is 65.1. The number of amides is 1. The molecule has 0 aromatic rings. The number of ether oxygens (including phenoxy) is 1. The van der Waals surface area contributed by atoms with E-state index < -0.39 is 12.1 Å². The van der Waals surface area contributed by atoms with Gasteiger partial charge in [-0.2, -0.15) is 0 Å². The zero-order valence-corrected chi connectivity index (χ0v) is 53.4. The number of nitrogens with one attached hydrogen (secondary N) is 1. The molecular formula is C73H139NO5. The molecule has 79 heavy (non-hydrogen) atoms. The maximum atomic E-state index is 12.5. The first kappa shape index (κ1) is 77.1. The van der Waals surface area contributed by atoms with Crippen LogP contribution >= 0.6 is 0 Å². The summed E-state index contributed by atoms with van der Waals surface area (Å²) in [7, 11) is 0. The SMILES string of the molecule is CCCCC/C=C\CCCCCCCC(=O)OCCCCCCCCCCCCCCC/C=C\C/C=C\CCCCCCCCCCCCCCCCCCCC(=O)NC(CO)C(O)CCCCCCCCCCCCCCC. The highest BCUT2D eigenvalue weighted by atomic mass is 16.5. The first-order valence-corrected chi connectivity index (χ1v) is 35.7. The number of aliphatic hydroxyl groups is 2. The number of esters is 1. The number of hydrogen-bond acceptors (Lipinski definition) is 5. The lowest BCUT2D eigenvalue weighted by Crippen LogP contribution is -2.45. The molecule has 0 fully saturated rings. The predicted octanol–water partition coefficient (Wildman–Crippen LogP) is 23.1. The first-order valence-electron chi connectivity index (χ1n) is 35.7. The van der Waals surface area contributed by atoms with E-state index in [-0.39, 0.29) is 18.5 Å².